The fourth-order valence-electron chi connectivity index (χ4n) is 2.29. The summed E-state index contributed by atoms with van der Waals surface area (Å²) in [4.78, 5) is 11.6. The summed E-state index contributed by atoms with van der Waals surface area (Å²) < 4.78 is 5.24. The summed E-state index contributed by atoms with van der Waals surface area (Å²) in [6, 6.07) is 6.12. The van der Waals surface area contributed by atoms with E-state index in [4.69, 9.17) is 4.74 Å². The van der Waals surface area contributed by atoms with Crippen molar-refractivity contribution in [2.24, 2.45) is 0 Å². The first-order valence-electron chi connectivity index (χ1n) is 6.35. The summed E-state index contributed by atoms with van der Waals surface area (Å²) in [5, 5.41) is 6.12. The maximum absolute atomic E-state index is 11.6. The Morgan fingerprint density at radius 2 is 2.22 bits per heavy atom. The number of ether oxygens (including phenoxy) is 1. The first kappa shape index (κ1) is 12.9. The summed E-state index contributed by atoms with van der Waals surface area (Å²) in [5.74, 6) is 1.03. The van der Waals surface area contributed by atoms with E-state index in [9.17, 15) is 4.79 Å². The van der Waals surface area contributed by atoms with Crippen molar-refractivity contribution in [1.82, 2.24) is 10.6 Å². The van der Waals surface area contributed by atoms with Gasteiger partial charge in [0, 0.05) is 13.1 Å². The highest BCUT2D eigenvalue weighted by atomic mass is 16.5. The maximum atomic E-state index is 11.6. The van der Waals surface area contributed by atoms with Crippen LogP contribution in [0.4, 0.5) is 0 Å². The molecule has 1 unspecified atom stereocenters. The van der Waals surface area contributed by atoms with Gasteiger partial charge in [0.25, 0.3) is 0 Å². The molecular formula is C14H20N2O2. The Morgan fingerprint density at radius 3 is 2.89 bits per heavy atom. The second-order valence-corrected chi connectivity index (χ2v) is 4.64. The molecule has 0 spiro atoms. The van der Waals surface area contributed by atoms with E-state index >= 15 is 0 Å². The number of benzene rings is 1. The average molecular weight is 248 g/mol. The van der Waals surface area contributed by atoms with Crippen LogP contribution in [0.15, 0.2) is 18.2 Å². The highest BCUT2D eigenvalue weighted by molar-refractivity contribution is 5.82. The molecule has 0 saturated carbocycles. The molecule has 1 amide bonds. The number of carbonyl (C=O) groups excluding carboxylic acids is 1. The van der Waals surface area contributed by atoms with Crippen LogP contribution >= 0.6 is 0 Å². The predicted molar refractivity (Wildman–Crippen MR) is 70.9 cm³/mol. The van der Waals surface area contributed by atoms with Crippen molar-refractivity contribution in [1.29, 1.82) is 0 Å². The van der Waals surface area contributed by atoms with Gasteiger partial charge in [0.2, 0.25) is 5.91 Å². The van der Waals surface area contributed by atoms with Gasteiger partial charge < -0.3 is 15.4 Å². The van der Waals surface area contributed by atoms with Crippen molar-refractivity contribution in [2.75, 3.05) is 20.2 Å². The lowest BCUT2D eigenvalue weighted by molar-refractivity contribution is -0.124. The number of hydrogen-bond acceptors (Lipinski definition) is 3. The lowest BCUT2D eigenvalue weighted by Crippen LogP contribution is -2.52. The molecule has 1 saturated heterocycles. The molecule has 98 valence electrons. The van der Waals surface area contributed by atoms with Gasteiger partial charge >= 0.3 is 0 Å². The molecule has 1 heterocycles. The van der Waals surface area contributed by atoms with E-state index in [1.165, 1.54) is 5.56 Å². The standard InChI is InChI=1S/C14H20N2O2/c1-10-9-11(4-6-13(10)18-2)3-5-12-14(17)16-8-7-15-12/h4,6,9,12,15H,3,5,7-8H2,1-2H3,(H,16,17). The number of hydrogen-bond donors (Lipinski definition) is 2. The van der Waals surface area contributed by atoms with E-state index in [1.54, 1.807) is 7.11 Å². The zero-order valence-corrected chi connectivity index (χ0v) is 11.0. The molecule has 2 rings (SSSR count). The van der Waals surface area contributed by atoms with Crippen molar-refractivity contribution < 1.29 is 9.53 Å². The number of methoxy groups -OCH3 is 1. The van der Waals surface area contributed by atoms with Crippen molar-refractivity contribution >= 4 is 5.91 Å². The van der Waals surface area contributed by atoms with Crippen LogP contribution in [0.1, 0.15) is 17.5 Å². The summed E-state index contributed by atoms with van der Waals surface area (Å²) in [5.41, 5.74) is 2.38. The first-order chi connectivity index (χ1) is 8.70. The highest BCUT2D eigenvalue weighted by Crippen LogP contribution is 2.19. The molecule has 18 heavy (non-hydrogen) atoms. The van der Waals surface area contributed by atoms with Crippen LogP contribution in [0.5, 0.6) is 5.75 Å². The lowest BCUT2D eigenvalue weighted by atomic mass is 10.0. The van der Waals surface area contributed by atoms with Gasteiger partial charge in [-0.05, 0) is 37.0 Å². The molecule has 4 nitrogen and oxygen atoms in total. The summed E-state index contributed by atoms with van der Waals surface area (Å²) in [6.07, 6.45) is 1.73. The Kier molecular flexibility index (Phi) is 4.20. The third kappa shape index (κ3) is 3.01. The molecule has 0 radical (unpaired) electrons. The normalized spacial score (nSPS) is 19.4. The minimum Gasteiger partial charge on any atom is -0.496 e. The predicted octanol–water partition coefficient (Wildman–Crippen LogP) is 1.02. The number of aryl methyl sites for hydroxylation is 2. The lowest BCUT2D eigenvalue weighted by Gasteiger charge is -2.23. The van der Waals surface area contributed by atoms with Gasteiger partial charge in [-0.15, -0.1) is 0 Å². The summed E-state index contributed by atoms with van der Waals surface area (Å²) in [6.45, 7) is 3.63. The number of piperazine rings is 1. The average Bonchev–Trinajstić information content (AvgIpc) is 2.38. The van der Waals surface area contributed by atoms with Gasteiger partial charge in [0.15, 0.2) is 0 Å². The fraction of sp³-hybridized carbons (Fsp3) is 0.500. The first-order valence-corrected chi connectivity index (χ1v) is 6.35. The van der Waals surface area contributed by atoms with Crippen molar-refractivity contribution in [3.63, 3.8) is 0 Å². The third-order valence-corrected chi connectivity index (χ3v) is 3.31. The summed E-state index contributed by atoms with van der Waals surface area (Å²) in [7, 11) is 1.68. The Hall–Kier alpha value is -1.55. The molecule has 0 bridgehead atoms. The van der Waals surface area contributed by atoms with Crippen LogP contribution in [-0.4, -0.2) is 32.1 Å². The highest BCUT2D eigenvalue weighted by Gasteiger charge is 2.20. The van der Waals surface area contributed by atoms with Gasteiger partial charge in [-0.25, -0.2) is 0 Å². The largest absolute Gasteiger partial charge is 0.496 e. The summed E-state index contributed by atoms with van der Waals surface area (Å²) >= 11 is 0. The second kappa shape index (κ2) is 5.87. The van der Waals surface area contributed by atoms with Gasteiger partial charge in [0.1, 0.15) is 5.75 Å². The van der Waals surface area contributed by atoms with Gasteiger partial charge in [-0.2, -0.15) is 0 Å². The molecular weight excluding hydrogens is 228 g/mol. The van der Waals surface area contributed by atoms with Crippen LogP contribution < -0.4 is 15.4 Å². The van der Waals surface area contributed by atoms with E-state index in [-0.39, 0.29) is 11.9 Å². The van der Waals surface area contributed by atoms with Crippen LogP contribution in [0, 0.1) is 6.92 Å². The Labute approximate surface area is 108 Å². The Balaban J connectivity index is 1.93. The minimum absolute atomic E-state index is 0.0545. The molecule has 1 aliphatic heterocycles. The molecule has 1 atom stereocenters. The molecule has 1 aromatic carbocycles. The van der Waals surface area contributed by atoms with Gasteiger partial charge in [-0.1, -0.05) is 12.1 Å². The third-order valence-electron chi connectivity index (χ3n) is 3.31. The second-order valence-electron chi connectivity index (χ2n) is 4.64. The molecule has 0 aliphatic carbocycles. The molecule has 0 aromatic heterocycles. The zero-order valence-electron chi connectivity index (χ0n) is 11.0. The van der Waals surface area contributed by atoms with E-state index in [0.29, 0.717) is 0 Å². The van der Waals surface area contributed by atoms with Crippen molar-refractivity contribution in [3.8, 4) is 5.75 Å². The molecule has 4 heteroatoms. The van der Waals surface area contributed by atoms with Crippen molar-refractivity contribution in [2.45, 2.75) is 25.8 Å². The molecule has 2 N–H and O–H groups in total. The van der Waals surface area contributed by atoms with Crippen molar-refractivity contribution in [3.05, 3.63) is 29.3 Å². The van der Waals surface area contributed by atoms with Crippen LogP contribution in [-0.2, 0) is 11.2 Å². The monoisotopic (exact) mass is 248 g/mol. The Bertz CT molecular complexity index is 432. The van der Waals surface area contributed by atoms with Crippen LogP contribution in [0.3, 0.4) is 0 Å². The maximum Gasteiger partial charge on any atom is 0.237 e. The van der Waals surface area contributed by atoms with E-state index < -0.39 is 0 Å². The number of rotatable bonds is 4. The van der Waals surface area contributed by atoms with E-state index in [0.717, 1.165) is 37.2 Å². The smallest absolute Gasteiger partial charge is 0.237 e. The molecule has 1 aliphatic rings. The quantitative estimate of drug-likeness (QED) is 0.836. The fourth-order valence-corrected chi connectivity index (χ4v) is 2.29. The zero-order chi connectivity index (χ0) is 13.0. The van der Waals surface area contributed by atoms with E-state index in [2.05, 4.69) is 22.8 Å². The number of carbonyl (C=O) groups is 1. The topological polar surface area (TPSA) is 50.4 Å². The van der Waals surface area contributed by atoms with Gasteiger partial charge in [0.05, 0.1) is 13.2 Å². The number of amides is 1. The molecule has 1 fully saturated rings. The minimum atomic E-state index is -0.0545. The van der Waals surface area contributed by atoms with E-state index in [1.807, 2.05) is 13.0 Å². The van der Waals surface area contributed by atoms with Crippen LogP contribution in [0.25, 0.3) is 0 Å². The Morgan fingerprint density at radius 1 is 1.39 bits per heavy atom. The SMILES string of the molecule is COc1ccc(CCC2NCCNC2=O)cc1C. The van der Waals surface area contributed by atoms with Crippen LogP contribution in [0.2, 0.25) is 0 Å². The molecule has 1 aromatic rings. The van der Waals surface area contributed by atoms with Gasteiger partial charge in [-0.3, -0.25) is 4.79 Å². The number of nitrogens with one attached hydrogen (secondary N) is 2.